The number of nitrogens with zero attached hydrogens (tertiary/aromatic N) is 3. The van der Waals surface area contributed by atoms with Crippen LogP contribution in [-0.2, 0) is 6.54 Å². The van der Waals surface area contributed by atoms with E-state index in [9.17, 15) is 4.79 Å². The molecule has 0 amide bonds. The van der Waals surface area contributed by atoms with Gasteiger partial charge in [0.2, 0.25) is 0 Å². The Morgan fingerprint density at radius 3 is 2.65 bits per heavy atom. The molecule has 2 rings (SSSR count). The fraction of sp³-hybridized carbons (Fsp3) is 0.133. The summed E-state index contributed by atoms with van der Waals surface area (Å²) in [7, 11) is 1.90. The summed E-state index contributed by atoms with van der Waals surface area (Å²) in [6, 6.07) is 12.3. The zero-order valence-corrected chi connectivity index (χ0v) is 10.9. The maximum Gasteiger partial charge on any atom is 0.335 e. The molecule has 5 nitrogen and oxygen atoms in total. The summed E-state index contributed by atoms with van der Waals surface area (Å²) in [6.45, 7) is 0.620. The number of carbonyl (C=O) groups is 1. The van der Waals surface area contributed by atoms with E-state index >= 15 is 0 Å². The van der Waals surface area contributed by atoms with Crippen LogP contribution in [0.5, 0.6) is 0 Å². The predicted octanol–water partition coefficient (Wildman–Crippen LogP) is 2.29. The molecule has 0 fully saturated rings. The number of benzene rings is 1. The van der Waals surface area contributed by atoms with Gasteiger partial charge in [0.25, 0.3) is 0 Å². The van der Waals surface area contributed by atoms with Crippen molar-refractivity contribution >= 4 is 11.7 Å². The van der Waals surface area contributed by atoms with Crippen molar-refractivity contribution in [2.24, 2.45) is 0 Å². The smallest absolute Gasteiger partial charge is 0.335 e. The first-order valence-corrected chi connectivity index (χ1v) is 5.99. The van der Waals surface area contributed by atoms with Crippen molar-refractivity contribution in [2.45, 2.75) is 6.54 Å². The number of rotatable bonds is 4. The zero-order valence-electron chi connectivity index (χ0n) is 10.9. The number of hydrogen-bond acceptors (Lipinski definition) is 4. The Morgan fingerprint density at radius 1 is 1.35 bits per heavy atom. The van der Waals surface area contributed by atoms with Gasteiger partial charge in [0.05, 0.1) is 5.56 Å². The molecule has 1 aromatic carbocycles. The van der Waals surface area contributed by atoms with Gasteiger partial charge in [-0.05, 0) is 29.8 Å². The molecule has 2 aromatic rings. The molecule has 0 aliphatic rings. The molecule has 0 spiro atoms. The first-order valence-electron chi connectivity index (χ1n) is 5.99. The Hall–Kier alpha value is -2.87. The average molecular weight is 267 g/mol. The van der Waals surface area contributed by atoms with Crippen molar-refractivity contribution in [1.82, 2.24) is 4.98 Å². The van der Waals surface area contributed by atoms with Crippen molar-refractivity contribution in [3.8, 4) is 6.07 Å². The summed E-state index contributed by atoms with van der Waals surface area (Å²) in [4.78, 5) is 16.7. The van der Waals surface area contributed by atoms with Crippen LogP contribution in [0.25, 0.3) is 0 Å². The van der Waals surface area contributed by atoms with Crippen LogP contribution in [0.15, 0.2) is 42.6 Å². The summed E-state index contributed by atoms with van der Waals surface area (Å²) < 4.78 is 0. The minimum absolute atomic E-state index is 0.270. The lowest BCUT2D eigenvalue weighted by atomic mass is 10.1. The topological polar surface area (TPSA) is 77.2 Å². The van der Waals surface area contributed by atoms with E-state index in [1.165, 1.54) is 0 Å². The van der Waals surface area contributed by atoms with Crippen LogP contribution in [0.1, 0.15) is 21.6 Å². The Bertz CT molecular complexity index is 660. The quantitative estimate of drug-likeness (QED) is 0.919. The highest BCUT2D eigenvalue weighted by atomic mass is 16.4. The van der Waals surface area contributed by atoms with Gasteiger partial charge in [-0.15, -0.1) is 0 Å². The minimum Gasteiger partial charge on any atom is -0.478 e. The maximum atomic E-state index is 10.8. The van der Waals surface area contributed by atoms with Crippen LogP contribution in [0.2, 0.25) is 0 Å². The number of hydrogen-bond donors (Lipinski definition) is 1. The lowest BCUT2D eigenvalue weighted by molar-refractivity contribution is 0.0697. The number of carboxylic acids is 1. The van der Waals surface area contributed by atoms with E-state index < -0.39 is 5.97 Å². The molecule has 0 atom stereocenters. The van der Waals surface area contributed by atoms with Crippen LogP contribution in [0, 0.1) is 11.3 Å². The van der Waals surface area contributed by atoms with E-state index in [4.69, 9.17) is 10.4 Å². The molecule has 0 aliphatic carbocycles. The van der Waals surface area contributed by atoms with Crippen LogP contribution in [0.4, 0.5) is 5.69 Å². The van der Waals surface area contributed by atoms with Gasteiger partial charge in [0.1, 0.15) is 11.8 Å². The summed E-state index contributed by atoms with van der Waals surface area (Å²) in [5.41, 5.74) is 2.52. The monoisotopic (exact) mass is 267 g/mol. The molecular formula is C15H13N3O2. The number of pyridine rings is 1. The minimum atomic E-state index is -0.933. The van der Waals surface area contributed by atoms with Gasteiger partial charge >= 0.3 is 5.97 Å². The maximum absolute atomic E-state index is 10.8. The molecule has 0 saturated carbocycles. The van der Waals surface area contributed by atoms with Gasteiger partial charge in [-0.25, -0.2) is 9.78 Å². The van der Waals surface area contributed by atoms with Crippen molar-refractivity contribution in [3.05, 3.63) is 59.4 Å². The Labute approximate surface area is 116 Å². The van der Waals surface area contributed by atoms with E-state index in [1.54, 1.807) is 36.5 Å². The molecule has 0 unspecified atom stereocenters. The average Bonchev–Trinajstić information content (AvgIpc) is 2.47. The molecule has 1 aromatic heterocycles. The first-order chi connectivity index (χ1) is 9.60. The zero-order chi connectivity index (χ0) is 14.5. The van der Waals surface area contributed by atoms with Crippen molar-refractivity contribution in [2.75, 3.05) is 11.9 Å². The van der Waals surface area contributed by atoms with E-state index in [1.807, 2.05) is 24.1 Å². The second-order valence-corrected chi connectivity index (χ2v) is 4.37. The SMILES string of the molecule is CN(Cc1ccc(C(=O)O)cc1)c1ccnc(C#N)c1. The van der Waals surface area contributed by atoms with E-state index in [0.29, 0.717) is 12.2 Å². The number of nitriles is 1. The Kier molecular flexibility index (Phi) is 3.96. The van der Waals surface area contributed by atoms with Crippen molar-refractivity contribution in [3.63, 3.8) is 0 Å². The second kappa shape index (κ2) is 5.85. The molecule has 1 N–H and O–H groups in total. The van der Waals surface area contributed by atoms with Gasteiger partial charge in [-0.3, -0.25) is 0 Å². The molecular weight excluding hydrogens is 254 g/mol. The van der Waals surface area contributed by atoms with E-state index in [-0.39, 0.29) is 5.56 Å². The summed E-state index contributed by atoms with van der Waals surface area (Å²) in [5, 5.41) is 17.7. The molecule has 0 bridgehead atoms. The number of carboxylic acid groups (broad SMARTS) is 1. The third-order valence-corrected chi connectivity index (χ3v) is 2.92. The van der Waals surface area contributed by atoms with Gasteiger partial charge in [0.15, 0.2) is 0 Å². The predicted molar refractivity (Wildman–Crippen MR) is 74.5 cm³/mol. The fourth-order valence-corrected chi connectivity index (χ4v) is 1.84. The second-order valence-electron chi connectivity index (χ2n) is 4.37. The van der Waals surface area contributed by atoms with Crippen LogP contribution < -0.4 is 4.90 Å². The molecule has 1 heterocycles. The molecule has 100 valence electrons. The van der Waals surface area contributed by atoms with Gasteiger partial charge in [-0.1, -0.05) is 12.1 Å². The third-order valence-electron chi connectivity index (χ3n) is 2.92. The van der Waals surface area contributed by atoms with Crippen molar-refractivity contribution < 1.29 is 9.90 Å². The normalized spacial score (nSPS) is 9.80. The molecule has 5 heteroatoms. The van der Waals surface area contributed by atoms with E-state index in [2.05, 4.69) is 4.98 Å². The first kappa shape index (κ1) is 13.6. The third kappa shape index (κ3) is 3.12. The lowest BCUT2D eigenvalue weighted by Crippen LogP contribution is -2.16. The largest absolute Gasteiger partial charge is 0.478 e. The molecule has 0 radical (unpaired) electrons. The summed E-state index contributed by atoms with van der Waals surface area (Å²) in [6.07, 6.45) is 1.60. The number of aromatic carboxylic acids is 1. The molecule has 0 saturated heterocycles. The molecule has 20 heavy (non-hydrogen) atoms. The fourth-order valence-electron chi connectivity index (χ4n) is 1.84. The van der Waals surface area contributed by atoms with Crippen molar-refractivity contribution in [1.29, 1.82) is 5.26 Å². The van der Waals surface area contributed by atoms with Gasteiger partial charge in [0, 0.05) is 25.5 Å². The van der Waals surface area contributed by atoms with E-state index in [0.717, 1.165) is 11.3 Å². The van der Waals surface area contributed by atoms with Crippen LogP contribution >= 0.6 is 0 Å². The van der Waals surface area contributed by atoms with Crippen LogP contribution in [-0.4, -0.2) is 23.1 Å². The number of aromatic nitrogens is 1. The highest BCUT2D eigenvalue weighted by molar-refractivity contribution is 5.87. The standard InChI is InChI=1S/C15H13N3O2/c1-18(14-6-7-17-13(8-14)9-16)10-11-2-4-12(5-3-11)15(19)20/h2-8H,10H2,1H3,(H,19,20). The van der Waals surface area contributed by atoms with Crippen LogP contribution in [0.3, 0.4) is 0 Å². The highest BCUT2D eigenvalue weighted by Gasteiger charge is 2.06. The van der Waals surface area contributed by atoms with Gasteiger partial charge < -0.3 is 10.0 Å². The summed E-state index contributed by atoms with van der Waals surface area (Å²) in [5.74, 6) is -0.933. The Morgan fingerprint density at radius 2 is 2.05 bits per heavy atom. The van der Waals surface area contributed by atoms with Gasteiger partial charge in [-0.2, -0.15) is 5.26 Å². The molecule has 0 aliphatic heterocycles. The highest BCUT2D eigenvalue weighted by Crippen LogP contribution is 2.16. The lowest BCUT2D eigenvalue weighted by Gasteiger charge is -2.19. The number of anilines is 1. The Balaban J connectivity index is 2.12. The summed E-state index contributed by atoms with van der Waals surface area (Å²) >= 11 is 0.